The molecule has 1 aliphatic heterocycles. The minimum Gasteiger partial charge on any atom is -0.310 e. The second kappa shape index (κ2) is 6.45. The first-order valence-electron chi connectivity index (χ1n) is 6.12. The van der Waals surface area contributed by atoms with Gasteiger partial charge in [0, 0.05) is 16.0 Å². The number of thioether (sulfide) groups is 1. The number of benzene rings is 1. The van der Waals surface area contributed by atoms with E-state index in [-0.39, 0.29) is 11.8 Å². The van der Waals surface area contributed by atoms with E-state index in [2.05, 4.69) is 5.32 Å². The maximum absolute atomic E-state index is 10.9. The summed E-state index contributed by atoms with van der Waals surface area (Å²) in [5, 5.41) is 9.09. The van der Waals surface area contributed by atoms with Crippen molar-refractivity contribution in [3.63, 3.8) is 0 Å². The Labute approximate surface area is 123 Å². The van der Waals surface area contributed by atoms with Crippen LogP contribution in [0.5, 0.6) is 0 Å². The van der Waals surface area contributed by atoms with Gasteiger partial charge < -0.3 is 5.32 Å². The summed E-state index contributed by atoms with van der Waals surface area (Å²) >= 11 is 7.86. The Morgan fingerprint density at radius 3 is 3.00 bits per heavy atom. The molecule has 1 aliphatic rings. The number of nitrogens with two attached hydrogens (primary N) is 1. The number of hydrogen-bond acceptors (Lipinski definition) is 4. The number of fused-ring (bicyclic) bond motifs is 1. The molecule has 1 atom stereocenters. The molecule has 1 unspecified atom stereocenters. The van der Waals surface area contributed by atoms with E-state index >= 15 is 0 Å². The summed E-state index contributed by atoms with van der Waals surface area (Å²) in [7, 11) is -3.36. The van der Waals surface area contributed by atoms with Crippen molar-refractivity contribution in [3.05, 3.63) is 28.8 Å². The van der Waals surface area contributed by atoms with E-state index in [0.29, 0.717) is 13.0 Å². The van der Waals surface area contributed by atoms with Crippen LogP contribution in [0.15, 0.2) is 23.1 Å². The minimum absolute atomic E-state index is 0.0177. The summed E-state index contributed by atoms with van der Waals surface area (Å²) < 4.78 is 21.7. The van der Waals surface area contributed by atoms with Gasteiger partial charge in [-0.3, -0.25) is 0 Å². The van der Waals surface area contributed by atoms with Crippen LogP contribution in [0.2, 0.25) is 5.02 Å². The lowest BCUT2D eigenvalue weighted by Crippen LogP contribution is -2.27. The summed E-state index contributed by atoms with van der Waals surface area (Å²) in [6.07, 6.45) is 1.55. The molecule has 0 saturated heterocycles. The molecule has 0 radical (unpaired) electrons. The second-order valence-electron chi connectivity index (χ2n) is 4.55. The van der Waals surface area contributed by atoms with Gasteiger partial charge in [-0.15, -0.1) is 11.8 Å². The third kappa shape index (κ3) is 4.65. The zero-order valence-electron chi connectivity index (χ0n) is 10.4. The third-order valence-electron chi connectivity index (χ3n) is 3.01. The SMILES string of the molecule is NS(=O)(=O)CCCNC1CCSc2ccc(Cl)cc21. The molecule has 7 heteroatoms. The van der Waals surface area contributed by atoms with Gasteiger partial charge in [-0.25, -0.2) is 13.6 Å². The van der Waals surface area contributed by atoms with Crippen LogP contribution in [0.1, 0.15) is 24.4 Å². The van der Waals surface area contributed by atoms with Gasteiger partial charge in [0.25, 0.3) is 0 Å². The van der Waals surface area contributed by atoms with Crippen LogP contribution in [0.25, 0.3) is 0 Å². The first-order valence-corrected chi connectivity index (χ1v) is 9.20. The quantitative estimate of drug-likeness (QED) is 0.815. The molecular weight excluding hydrogens is 304 g/mol. The normalized spacial score (nSPS) is 19.2. The number of halogens is 1. The summed E-state index contributed by atoms with van der Waals surface area (Å²) in [5.74, 6) is 1.07. The Morgan fingerprint density at radius 1 is 1.47 bits per heavy atom. The van der Waals surface area contributed by atoms with Crippen LogP contribution in [0, 0.1) is 0 Å². The molecule has 1 aromatic rings. The molecule has 0 fully saturated rings. The predicted octanol–water partition coefficient (Wildman–Crippen LogP) is 2.15. The minimum atomic E-state index is -3.36. The lowest BCUT2D eigenvalue weighted by molar-refractivity contribution is 0.508. The van der Waals surface area contributed by atoms with Gasteiger partial charge in [0.05, 0.1) is 5.75 Å². The molecule has 0 saturated carbocycles. The summed E-state index contributed by atoms with van der Waals surface area (Å²) in [5.41, 5.74) is 1.21. The van der Waals surface area contributed by atoms with Gasteiger partial charge in [-0.05, 0) is 48.9 Å². The molecule has 3 N–H and O–H groups in total. The van der Waals surface area contributed by atoms with Crippen molar-refractivity contribution in [2.45, 2.75) is 23.8 Å². The monoisotopic (exact) mass is 320 g/mol. The van der Waals surface area contributed by atoms with E-state index in [1.165, 1.54) is 10.5 Å². The first kappa shape index (κ1) is 15.1. The standard InChI is InChI=1S/C12H17ClN2O2S2/c13-9-2-3-12-10(8-9)11(4-6-18-12)15-5-1-7-19(14,16)17/h2-3,8,11,15H,1,4-7H2,(H2,14,16,17). The van der Waals surface area contributed by atoms with Crippen LogP contribution in [0.3, 0.4) is 0 Å². The van der Waals surface area contributed by atoms with Gasteiger partial charge in [0.15, 0.2) is 0 Å². The highest BCUT2D eigenvalue weighted by molar-refractivity contribution is 7.99. The number of hydrogen-bond donors (Lipinski definition) is 2. The highest BCUT2D eigenvalue weighted by Crippen LogP contribution is 2.37. The Kier molecular flexibility index (Phi) is 5.14. The van der Waals surface area contributed by atoms with Gasteiger partial charge in [0.1, 0.15) is 0 Å². The molecule has 1 heterocycles. The Morgan fingerprint density at radius 2 is 2.26 bits per heavy atom. The zero-order chi connectivity index (χ0) is 13.9. The molecule has 0 aliphatic carbocycles. The van der Waals surface area contributed by atoms with Crippen molar-refractivity contribution in [1.29, 1.82) is 0 Å². The molecule has 0 bridgehead atoms. The van der Waals surface area contributed by atoms with Crippen LogP contribution < -0.4 is 10.5 Å². The van der Waals surface area contributed by atoms with Crippen molar-refractivity contribution in [1.82, 2.24) is 5.32 Å². The van der Waals surface area contributed by atoms with Gasteiger partial charge in [-0.2, -0.15) is 0 Å². The van der Waals surface area contributed by atoms with Gasteiger partial charge >= 0.3 is 0 Å². The van der Waals surface area contributed by atoms with Crippen LogP contribution in [-0.2, 0) is 10.0 Å². The average Bonchev–Trinajstić information content (AvgIpc) is 2.33. The molecule has 0 aromatic heterocycles. The molecule has 0 amide bonds. The molecule has 106 valence electrons. The lowest BCUT2D eigenvalue weighted by atomic mass is 10.0. The van der Waals surface area contributed by atoms with Gasteiger partial charge in [0.2, 0.25) is 10.0 Å². The highest BCUT2D eigenvalue weighted by atomic mass is 35.5. The second-order valence-corrected chi connectivity index (χ2v) is 7.85. The van der Waals surface area contributed by atoms with E-state index in [4.69, 9.17) is 16.7 Å². The molecule has 4 nitrogen and oxygen atoms in total. The summed E-state index contributed by atoms with van der Waals surface area (Å²) in [6, 6.07) is 6.17. The van der Waals surface area contributed by atoms with Crippen molar-refractivity contribution < 1.29 is 8.42 Å². The Balaban J connectivity index is 1.94. The largest absolute Gasteiger partial charge is 0.310 e. The molecule has 2 rings (SSSR count). The number of rotatable bonds is 5. The number of nitrogens with one attached hydrogen (secondary N) is 1. The number of primary sulfonamides is 1. The number of sulfonamides is 1. The Bertz CT molecular complexity index is 549. The molecule has 1 aromatic carbocycles. The van der Waals surface area contributed by atoms with Crippen molar-refractivity contribution >= 4 is 33.4 Å². The molecular formula is C12H17ClN2O2S2. The summed E-state index contributed by atoms with van der Waals surface area (Å²) in [6.45, 7) is 0.637. The van der Waals surface area contributed by atoms with Crippen LogP contribution in [-0.4, -0.2) is 26.5 Å². The van der Waals surface area contributed by atoms with Crippen molar-refractivity contribution in [2.75, 3.05) is 18.1 Å². The zero-order valence-corrected chi connectivity index (χ0v) is 12.8. The fourth-order valence-corrected chi connectivity index (χ4v) is 3.96. The fourth-order valence-electron chi connectivity index (χ4n) is 2.13. The van der Waals surface area contributed by atoms with Crippen LogP contribution in [0.4, 0.5) is 0 Å². The Hall–Kier alpha value is -0.270. The van der Waals surface area contributed by atoms with E-state index in [0.717, 1.165) is 17.2 Å². The third-order valence-corrected chi connectivity index (χ3v) is 5.22. The maximum Gasteiger partial charge on any atom is 0.209 e. The van der Waals surface area contributed by atoms with E-state index in [1.807, 2.05) is 30.0 Å². The molecule has 19 heavy (non-hydrogen) atoms. The maximum atomic E-state index is 10.9. The summed E-state index contributed by atoms with van der Waals surface area (Å²) in [4.78, 5) is 1.25. The fraction of sp³-hybridized carbons (Fsp3) is 0.500. The van der Waals surface area contributed by atoms with Gasteiger partial charge in [-0.1, -0.05) is 11.6 Å². The van der Waals surface area contributed by atoms with Crippen LogP contribution >= 0.6 is 23.4 Å². The van der Waals surface area contributed by atoms with Crippen molar-refractivity contribution in [3.8, 4) is 0 Å². The lowest BCUT2D eigenvalue weighted by Gasteiger charge is -2.26. The predicted molar refractivity (Wildman–Crippen MR) is 80.1 cm³/mol. The topological polar surface area (TPSA) is 72.2 Å². The van der Waals surface area contributed by atoms with E-state index in [1.54, 1.807) is 0 Å². The average molecular weight is 321 g/mol. The smallest absolute Gasteiger partial charge is 0.209 e. The van der Waals surface area contributed by atoms with E-state index in [9.17, 15) is 8.42 Å². The molecule has 0 spiro atoms. The van der Waals surface area contributed by atoms with Crippen molar-refractivity contribution in [2.24, 2.45) is 5.14 Å². The highest BCUT2D eigenvalue weighted by Gasteiger charge is 2.20. The first-order chi connectivity index (χ1) is 8.96. The van der Waals surface area contributed by atoms with E-state index < -0.39 is 10.0 Å².